The summed E-state index contributed by atoms with van der Waals surface area (Å²) in [6.07, 6.45) is 3.05. The van der Waals surface area contributed by atoms with E-state index in [0.29, 0.717) is 5.92 Å². The second-order valence-corrected chi connectivity index (χ2v) is 4.70. The van der Waals surface area contributed by atoms with E-state index in [1.54, 1.807) is 7.11 Å². The lowest BCUT2D eigenvalue weighted by atomic mass is 9.96. The summed E-state index contributed by atoms with van der Waals surface area (Å²) in [6.45, 7) is 4.86. The molecule has 0 aliphatic carbocycles. The zero-order valence-electron chi connectivity index (χ0n) is 11.9. The molecule has 1 atom stereocenters. The molecule has 1 N–H and O–H groups in total. The van der Waals surface area contributed by atoms with Crippen LogP contribution in [0.25, 0.3) is 0 Å². The van der Waals surface area contributed by atoms with Gasteiger partial charge in [0.15, 0.2) is 0 Å². The molecule has 0 aliphatic heterocycles. The summed E-state index contributed by atoms with van der Waals surface area (Å²) < 4.78 is 5.15. The Kier molecular flexibility index (Phi) is 5.24. The second-order valence-electron chi connectivity index (χ2n) is 4.70. The number of ether oxygens (including phenoxy) is 1. The first-order chi connectivity index (χ1) is 9.83. The summed E-state index contributed by atoms with van der Waals surface area (Å²) in [5.41, 5.74) is 2.43. The van der Waals surface area contributed by atoms with Crippen LogP contribution < -0.4 is 10.1 Å². The molecule has 0 saturated carbocycles. The third kappa shape index (κ3) is 3.89. The maximum absolute atomic E-state index is 5.15. The number of hydrogen-bond donors (Lipinski definition) is 1. The molecule has 0 radical (unpaired) electrons. The smallest absolute Gasteiger partial charge is 0.119 e. The molecule has 1 unspecified atom stereocenters. The van der Waals surface area contributed by atoms with Crippen LogP contribution in [0.5, 0.6) is 5.75 Å². The van der Waals surface area contributed by atoms with Crippen LogP contribution in [-0.2, 0) is 0 Å². The zero-order valence-corrected chi connectivity index (χ0v) is 11.9. The van der Waals surface area contributed by atoms with Gasteiger partial charge in [0.25, 0.3) is 0 Å². The predicted octanol–water partition coefficient (Wildman–Crippen LogP) is 4.47. The first-order valence-corrected chi connectivity index (χ1v) is 6.89. The van der Waals surface area contributed by atoms with E-state index in [2.05, 4.69) is 36.2 Å². The van der Waals surface area contributed by atoms with Crippen molar-refractivity contribution < 1.29 is 4.74 Å². The van der Waals surface area contributed by atoms with Gasteiger partial charge in [0, 0.05) is 18.2 Å². The van der Waals surface area contributed by atoms with Crippen molar-refractivity contribution in [2.24, 2.45) is 0 Å². The molecule has 2 nitrogen and oxygen atoms in total. The van der Waals surface area contributed by atoms with Crippen molar-refractivity contribution in [3.63, 3.8) is 0 Å². The van der Waals surface area contributed by atoms with Crippen LogP contribution in [-0.4, -0.2) is 13.7 Å². The largest absolute Gasteiger partial charge is 0.497 e. The van der Waals surface area contributed by atoms with Crippen molar-refractivity contribution in [1.29, 1.82) is 0 Å². The normalized spacial score (nSPS) is 11.7. The van der Waals surface area contributed by atoms with Gasteiger partial charge < -0.3 is 10.1 Å². The van der Waals surface area contributed by atoms with E-state index >= 15 is 0 Å². The molecule has 2 heteroatoms. The van der Waals surface area contributed by atoms with Crippen LogP contribution in [0.4, 0.5) is 5.69 Å². The number of nitrogens with one attached hydrogen (secondary N) is 1. The van der Waals surface area contributed by atoms with Crippen LogP contribution in [0.2, 0.25) is 0 Å². The number of allylic oxidation sites excluding steroid dienone is 1. The first-order valence-electron chi connectivity index (χ1n) is 6.89. The van der Waals surface area contributed by atoms with E-state index in [-0.39, 0.29) is 0 Å². The molecule has 0 spiro atoms. The fourth-order valence-electron chi connectivity index (χ4n) is 2.20. The summed E-state index contributed by atoms with van der Waals surface area (Å²) in [5.74, 6) is 1.27. The van der Waals surface area contributed by atoms with E-state index < -0.39 is 0 Å². The second kappa shape index (κ2) is 7.39. The van der Waals surface area contributed by atoms with Gasteiger partial charge in [0.05, 0.1) is 7.11 Å². The average molecular weight is 267 g/mol. The van der Waals surface area contributed by atoms with Gasteiger partial charge in [-0.1, -0.05) is 36.4 Å². The molecule has 20 heavy (non-hydrogen) atoms. The van der Waals surface area contributed by atoms with E-state index in [0.717, 1.165) is 24.4 Å². The third-order valence-electron chi connectivity index (χ3n) is 3.39. The van der Waals surface area contributed by atoms with Gasteiger partial charge >= 0.3 is 0 Å². The summed E-state index contributed by atoms with van der Waals surface area (Å²) in [7, 11) is 1.68. The SMILES string of the molecule is C=CC(CCNc1ccc(OC)cc1)c1ccccc1. The van der Waals surface area contributed by atoms with E-state index in [9.17, 15) is 0 Å². The van der Waals surface area contributed by atoms with Crippen LogP contribution in [0.3, 0.4) is 0 Å². The van der Waals surface area contributed by atoms with Crippen molar-refractivity contribution in [2.75, 3.05) is 19.0 Å². The zero-order chi connectivity index (χ0) is 14.2. The van der Waals surface area contributed by atoms with Crippen LogP contribution in [0, 0.1) is 0 Å². The Morgan fingerprint density at radius 3 is 2.40 bits per heavy atom. The van der Waals surface area contributed by atoms with Crippen molar-refractivity contribution in [1.82, 2.24) is 0 Å². The van der Waals surface area contributed by atoms with Crippen molar-refractivity contribution in [3.05, 3.63) is 72.8 Å². The Balaban J connectivity index is 1.86. The van der Waals surface area contributed by atoms with E-state index in [4.69, 9.17) is 4.74 Å². The number of rotatable bonds is 7. The Bertz CT molecular complexity index is 519. The Morgan fingerprint density at radius 1 is 1.10 bits per heavy atom. The maximum atomic E-state index is 5.15. The molecule has 0 fully saturated rings. The highest BCUT2D eigenvalue weighted by Crippen LogP contribution is 2.21. The Hall–Kier alpha value is -2.22. The fraction of sp³-hybridized carbons (Fsp3) is 0.222. The van der Waals surface area contributed by atoms with Crippen molar-refractivity contribution >= 4 is 5.69 Å². The molecule has 2 aromatic rings. The highest BCUT2D eigenvalue weighted by molar-refractivity contribution is 5.46. The minimum absolute atomic E-state index is 0.391. The first kappa shape index (κ1) is 14.2. The number of methoxy groups -OCH3 is 1. The minimum atomic E-state index is 0.391. The molecule has 0 aromatic heterocycles. The summed E-state index contributed by atoms with van der Waals surface area (Å²) in [4.78, 5) is 0. The van der Waals surface area contributed by atoms with Crippen LogP contribution >= 0.6 is 0 Å². The molecule has 0 heterocycles. The predicted molar refractivity (Wildman–Crippen MR) is 85.5 cm³/mol. The van der Waals surface area contributed by atoms with Crippen LogP contribution in [0.15, 0.2) is 67.3 Å². The van der Waals surface area contributed by atoms with Gasteiger partial charge in [-0.05, 0) is 36.2 Å². The minimum Gasteiger partial charge on any atom is -0.497 e. The van der Waals surface area contributed by atoms with Gasteiger partial charge in [-0.15, -0.1) is 6.58 Å². The van der Waals surface area contributed by atoms with Crippen molar-refractivity contribution in [2.45, 2.75) is 12.3 Å². The molecular formula is C18H21NO. The lowest BCUT2D eigenvalue weighted by Crippen LogP contribution is -2.06. The van der Waals surface area contributed by atoms with Gasteiger partial charge in [-0.25, -0.2) is 0 Å². The quantitative estimate of drug-likeness (QED) is 0.747. The lowest BCUT2D eigenvalue weighted by molar-refractivity contribution is 0.415. The molecule has 104 valence electrons. The van der Waals surface area contributed by atoms with E-state index in [1.165, 1.54) is 5.56 Å². The number of hydrogen-bond acceptors (Lipinski definition) is 2. The third-order valence-corrected chi connectivity index (χ3v) is 3.39. The lowest BCUT2D eigenvalue weighted by Gasteiger charge is -2.14. The summed E-state index contributed by atoms with van der Waals surface area (Å²) in [6, 6.07) is 18.5. The monoisotopic (exact) mass is 267 g/mol. The molecule has 0 bridgehead atoms. The molecule has 0 aliphatic rings. The Labute approximate surface area is 121 Å². The van der Waals surface area contributed by atoms with Gasteiger partial charge in [-0.3, -0.25) is 0 Å². The molecule has 2 rings (SSSR count). The highest BCUT2D eigenvalue weighted by Gasteiger charge is 2.06. The van der Waals surface area contributed by atoms with E-state index in [1.807, 2.05) is 36.4 Å². The maximum Gasteiger partial charge on any atom is 0.119 e. The topological polar surface area (TPSA) is 21.3 Å². The number of benzene rings is 2. The number of anilines is 1. The average Bonchev–Trinajstić information content (AvgIpc) is 2.53. The van der Waals surface area contributed by atoms with Crippen molar-refractivity contribution in [3.8, 4) is 5.75 Å². The molecular weight excluding hydrogens is 246 g/mol. The summed E-state index contributed by atoms with van der Waals surface area (Å²) in [5, 5.41) is 3.43. The van der Waals surface area contributed by atoms with Gasteiger partial charge in [0.1, 0.15) is 5.75 Å². The van der Waals surface area contributed by atoms with Gasteiger partial charge in [-0.2, -0.15) is 0 Å². The fourth-order valence-corrected chi connectivity index (χ4v) is 2.20. The molecule has 2 aromatic carbocycles. The highest BCUT2D eigenvalue weighted by atomic mass is 16.5. The molecule has 0 amide bonds. The standard InChI is InChI=1S/C18H21NO/c1-3-15(16-7-5-4-6-8-16)13-14-19-17-9-11-18(20-2)12-10-17/h3-12,15,19H,1,13-14H2,2H3. The summed E-state index contributed by atoms with van der Waals surface area (Å²) >= 11 is 0. The molecule has 0 saturated heterocycles. The van der Waals surface area contributed by atoms with Gasteiger partial charge in [0.2, 0.25) is 0 Å². The Morgan fingerprint density at radius 2 is 1.80 bits per heavy atom. The van der Waals surface area contributed by atoms with Crippen LogP contribution in [0.1, 0.15) is 17.9 Å².